The number of ether oxygens (including phenoxy) is 2. The number of nitrogens with two attached hydrogens (primary N) is 1. The summed E-state index contributed by atoms with van der Waals surface area (Å²) in [6, 6.07) is 5.01. The Kier molecular flexibility index (Phi) is 10.9. The van der Waals surface area contributed by atoms with Gasteiger partial charge < -0.3 is 29.8 Å². The van der Waals surface area contributed by atoms with Crippen molar-refractivity contribution in [3.63, 3.8) is 0 Å². The molecule has 3 aliphatic rings. The molecule has 0 spiro atoms. The van der Waals surface area contributed by atoms with Gasteiger partial charge in [0.1, 0.15) is 11.6 Å². The van der Waals surface area contributed by atoms with E-state index in [1.165, 1.54) is 6.42 Å². The van der Waals surface area contributed by atoms with Crippen LogP contribution in [0.15, 0.2) is 28.7 Å². The Labute approximate surface area is 257 Å². The van der Waals surface area contributed by atoms with E-state index < -0.39 is 24.5 Å². The summed E-state index contributed by atoms with van der Waals surface area (Å²) in [6.45, 7) is 1.22. The summed E-state index contributed by atoms with van der Waals surface area (Å²) in [4.78, 5) is 42.0. The van der Waals surface area contributed by atoms with Crippen molar-refractivity contribution in [3.8, 4) is 0 Å². The first kappa shape index (κ1) is 32.3. The van der Waals surface area contributed by atoms with Crippen LogP contribution in [-0.4, -0.2) is 68.1 Å². The molecule has 2 aromatic rings. The molecule has 2 amide bonds. The summed E-state index contributed by atoms with van der Waals surface area (Å²) >= 11 is 0. The number of furan rings is 1. The third kappa shape index (κ3) is 7.42. The van der Waals surface area contributed by atoms with E-state index in [0.717, 1.165) is 32.1 Å². The van der Waals surface area contributed by atoms with E-state index in [2.05, 4.69) is 5.32 Å². The van der Waals surface area contributed by atoms with Crippen LogP contribution in [0.25, 0.3) is 11.0 Å². The molecule has 11 heteroatoms. The van der Waals surface area contributed by atoms with Crippen molar-refractivity contribution < 1.29 is 37.1 Å². The van der Waals surface area contributed by atoms with E-state index in [9.17, 15) is 23.2 Å². The molecule has 242 valence electrons. The predicted octanol–water partition coefficient (Wildman–Crippen LogP) is 5.76. The van der Waals surface area contributed by atoms with E-state index in [4.69, 9.17) is 19.6 Å². The van der Waals surface area contributed by atoms with E-state index in [-0.39, 0.29) is 41.9 Å². The maximum Gasteiger partial charge on any atom is 0.374 e. The molecule has 3 atom stereocenters. The van der Waals surface area contributed by atoms with Crippen molar-refractivity contribution in [2.45, 2.75) is 89.1 Å². The molecule has 0 unspecified atom stereocenters. The SMILES string of the molecule is COCCCOC(=O)c1cc2cc(NC(=O)[C@@H]3[C@H](C4CCCCC4)CCN3C(=O)C3CCC([C@H](N)C(F)F)CC3)ccc2o1. The number of halogens is 2. The molecule has 2 saturated carbocycles. The number of amides is 2. The topological polar surface area (TPSA) is 124 Å². The number of nitrogens with one attached hydrogen (secondary N) is 1. The van der Waals surface area contributed by atoms with Gasteiger partial charge in [-0.05, 0) is 74.1 Å². The van der Waals surface area contributed by atoms with Crippen LogP contribution in [0, 0.1) is 23.7 Å². The first-order chi connectivity index (χ1) is 21.3. The van der Waals surface area contributed by atoms with Crippen molar-refractivity contribution in [1.82, 2.24) is 4.90 Å². The first-order valence-corrected chi connectivity index (χ1v) is 16.1. The first-order valence-electron chi connectivity index (χ1n) is 16.1. The molecule has 1 aromatic heterocycles. The molecule has 2 heterocycles. The van der Waals surface area contributed by atoms with Crippen molar-refractivity contribution in [2.75, 3.05) is 32.2 Å². The van der Waals surface area contributed by atoms with Crippen molar-refractivity contribution >= 4 is 34.4 Å². The number of carbonyl (C=O) groups excluding carboxylic acids is 3. The number of fused-ring (bicyclic) bond motifs is 1. The number of anilines is 1. The fraction of sp³-hybridized carbons (Fsp3) is 0.667. The molecule has 2 aliphatic carbocycles. The lowest BCUT2D eigenvalue weighted by atomic mass is 9.76. The number of methoxy groups -OCH3 is 1. The molecule has 1 aliphatic heterocycles. The van der Waals surface area contributed by atoms with Gasteiger partial charge in [-0.3, -0.25) is 9.59 Å². The van der Waals surface area contributed by atoms with Gasteiger partial charge in [-0.1, -0.05) is 32.1 Å². The van der Waals surface area contributed by atoms with E-state index >= 15 is 0 Å². The fourth-order valence-corrected chi connectivity index (χ4v) is 7.52. The predicted molar refractivity (Wildman–Crippen MR) is 161 cm³/mol. The molecule has 9 nitrogen and oxygen atoms in total. The van der Waals surface area contributed by atoms with E-state index in [1.807, 2.05) is 0 Å². The minimum absolute atomic E-state index is 0.0496. The average molecular weight is 618 g/mol. The molecule has 0 radical (unpaired) electrons. The number of nitrogens with zero attached hydrogens (tertiary/aromatic N) is 1. The number of alkyl halides is 2. The number of rotatable bonds is 11. The van der Waals surface area contributed by atoms with Gasteiger partial charge in [-0.15, -0.1) is 0 Å². The van der Waals surface area contributed by atoms with Gasteiger partial charge in [0.05, 0.1) is 12.6 Å². The van der Waals surface area contributed by atoms with Crippen molar-refractivity contribution in [3.05, 3.63) is 30.0 Å². The molecule has 3 fully saturated rings. The van der Waals surface area contributed by atoms with Crippen LogP contribution < -0.4 is 11.1 Å². The van der Waals surface area contributed by atoms with Crippen LogP contribution >= 0.6 is 0 Å². The Morgan fingerprint density at radius 2 is 1.77 bits per heavy atom. The van der Waals surface area contributed by atoms with E-state index in [1.54, 1.807) is 36.3 Å². The van der Waals surface area contributed by atoms with Crippen LogP contribution in [0.5, 0.6) is 0 Å². The third-order valence-corrected chi connectivity index (χ3v) is 9.92. The van der Waals surface area contributed by atoms with Gasteiger partial charge in [0.15, 0.2) is 0 Å². The third-order valence-electron chi connectivity index (χ3n) is 9.92. The summed E-state index contributed by atoms with van der Waals surface area (Å²) in [7, 11) is 1.58. The van der Waals surface area contributed by atoms with Crippen molar-refractivity contribution in [2.24, 2.45) is 29.4 Å². The van der Waals surface area contributed by atoms with Crippen molar-refractivity contribution in [1.29, 1.82) is 0 Å². The molecular weight excluding hydrogens is 572 g/mol. The minimum Gasteiger partial charge on any atom is -0.460 e. The Hall–Kier alpha value is -3.05. The number of hydrogen-bond donors (Lipinski definition) is 2. The molecule has 5 rings (SSSR count). The van der Waals surface area contributed by atoms with Gasteiger partial charge in [-0.2, -0.15) is 0 Å². The molecule has 0 bridgehead atoms. The van der Waals surface area contributed by atoms with Crippen LogP contribution in [0.1, 0.15) is 81.2 Å². The normalized spacial score (nSPS) is 25.3. The number of carbonyl (C=O) groups is 3. The zero-order valence-corrected chi connectivity index (χ0v) is 25.5. The highest BCUT2D eigenvalue weighted by Crippen LogP contribution is 2.41. The molecular formula is C33H45F2N3O6. The standard InChI is InChI=1S/C33H45F2N3O6/c1-42-16-5-17-43-33(41)27-19-23-18-24(12-13-26(23)44-27)37-31(39)29-25(20-6-3-2-4-7-20)14-15-38(29)32(40)22-10-8-21(9-11-22)28(36)30(34)35/h12-13,18-22,25,28-30H,2-11,14-17,36H2,1H3,(H,37,39)/t21?,22?,25-,28-,29-/m0/s1. The lowest BCUT2D eigenvalue weighted by Gasteiger charge is -2.37. The second kappa shape index (κ2) is 14.8. The molecule has 44 heavy (non-hydrogen) atoms. The number of benzene rings is 1. The highest BCUT2D eigenvalue weighted by Gasteiger charge is 2.47. The maximum atomic E-state index is 14.0. The molecule has 1 saturated heterocycles. The second-order valence-electron chi connectivity index (χ2n) is 12.7. The smallest absolute Gasteiger partial charge is 0.374 e. The minimum atomic E-state index is -2.57. The number of likely N-dealkylation sites (tertiary alicyclic amines) is 1. The maximum absolute atomic E-state index is 14.0. The van der Waals surface area contributed by atoms with Crippen LogP contribution in [-0.2, 0) is 19.1 Å². The van der Waals surface area contributed by atoms with Gasteiger partial charge in [-0.25, -0.2) is 13.6 Å². The highest BCUT2D eigenvalue weighted by atomic mass is 19.3. The van der Waals surface area contributed by atoms with E-state index in [0.29, 0.717) is 67.8 Å². The summed E-state index contributed by atoms with van der Waals surface area (Å²) in [6.07, 6.45) is 6.36. The second-order valence-corrected chi connectivity index (χ2v) is 12.7. The lowest BCUT2D eigenvalue weighted by Crippen LogP contribution is -2.50. The highest BCUT2D eigenvalue weighted by molar-refractivity contribution is 6.00. The quantitative estimate of drug-likeness (QED) is 0.243. The van der Waals surface area contributed by atoms with Gasteiger partial charge in [0, 0.05) is 43.7 Å². The summed E-state index contributed by atoms with van der Waals surface area (Å²) in [5, 5.41) is 3.70. The molecule has 3 N–H and O–H groups in total. The average Bonchev–Trinajstić information content (AvgIpc) is 3.68. The largest absolute Gasteiger partial charge is 0.460 e. The fourth-order valence-electron chi connectivity index (χ4n) is 7.52. The summed E-state index contributed by atoms with van der Waals surface area (Å²) < 4.78 is 42.2. The number of hydrogen-bond acceptors (Lipinski definition) is 7. The Bertz CT molecular complexity index is 1290. The molecule has 1 aromatic carbocycles. The Morgan fingerprint density at radius 3 is 2.48 bits per heavy atom. The van der Waals surface area contributed by atoms with Gasteiger partial charge in [0.25, 0.3) is 6.43 Å². The van der Waals surface area contributed by atoms with Crippen LogP contribution in [0.3, 0.4) is 0 Å². The lowest BCUT2D eigenvalue weighted by molar-refractivity contribution is -0.142. The summed E-state index contributed by atoms with van der Waals surface area (Å²) in [5.74, 6) is -0.884. The van der Waals surface area contributed by atoms with Crippen LogP contribution in [0.2, 0.25) is 0 Å². The number of esters is 1. The Morgan fingerprint density at radius 1 is 1.02 bits per heavy atom. The summed E-state index contributed by atoms with van der Waals surface area (Å²) in [5.41, 5.74) is 6.76. The van der Waals surface area contributed by atoms with Gasteiger partial charge in [0.2, 0.25) is 17.6 Å². The zero-order valence-electron chi connectivity index (χ0n) is 25.5. The monoisotopic (exact) mass is 617 g/mol. The van der Waals surface area contributed by atoms with Crippen LogP contribution in [0.4, 0.5) is 14.5 Å². The van der Waals surface area contributed by atoms with Gasteiger partial charge >= 0.3 is 5.97 Å². The zero-order chi connectivity index (χ0) is 31.2. The Balaban J connectivity index is 1.29.